The minimum atomic E-state index is -0.611. The molecule has 1 fully saturated rings. The standard InChI is InChI=1S/C16H14ClN3O/c17-12-7-5-11(6-8-12)15(21)16(9-10-16)20-14-4-2-1-3-13(14)18-19-20/h1-8,15,21H,9-10H2. The average molecular weight is 300 g/mol. The summed E-state index contributed by atoms with van der Waals surface area (Å²) in [6.45, 7) is 0. The van der Waals surface area contributed by atoms with Crippen molar-refractivity contribution in [3.8, 4) is 0 Å². The van der Waals surface area contributed by atoms with Gasteiger partial charge in [-0.15, -0.1) is 5.10 Å². The van der Waals surface area contributed by atoms with E-state index >= 15 is 0 Å². The molecule has 1 unspecified atom stereocenters. The van der Waals surface area contributed by atoms with Crippen LogP contribution < -0.4 is 0 Å². The summed E-state index contributed by atoms with van der Waals surface area (Å²) in [5, 5.41) is 19.9. The summed E-state index contributed by atoms with van der Waals surface area (Å²) < 4.78 is 1.88. The summed E-state index contributed by atoms with van der Waals surface area (Å²) in [5.41, 5.74) is 2.29. The molecule has 5 heteroatoms. The van der Waals surface area contributed by atoms with Gasteiger partial charge in [0.05, 0.1) is 11.1 Å². The topological polar surface area (TPSA) is 50.9 Å². The first-order valence-corrected chi connectivity index (χ1v) is 7.33. The van der Waals surface area contributed by atoms with E-state index in [9.17, 15) is 5.11 Å². The van der Waals surface area contributed by atoms with Crippen LogP contribution in [0.2, 0.25) is 5.02 Å². The number of aromatic nitrogens is 3. The molecule has 0 saturated heterocycles. The van der Waals surface area contributed by atoms with Gasteiger partial charge in [-0.1, -0.05) is 41.1 Å². The molecular weight excluding hydrogens is 286 g/mol. The van der Waals surface area contributed by atoms with Crippen LogP contribution in [0.5, 0.6) is 0 Å². The molecule has 0 spiro atoms. The van der Waals surface area contributed by atoms with Crippen LogP contribution in [-0.4, -0.2) is 20.1 Å². The van der Waals surface area contributed by atoms with Gasteiger partial charge in [-0.25, -0.2) is 4.68 Å². The van der Waals surface area contributed by atoms with Gasteiger partial charge in [-0.2, -0.15) is 0 Å². The summed E-state index contributed by atoms with van der Waals surface area (Å²) in [7, 11) is 0. The molecule has 4 nitrogen and oxygen atoms in total. The fraction of sp³-hybridized carbons (Fsp3) is 0.250. The molecule has 2 aromatic carbocycles. The Bertz CT molecular complexity index is 793. The van der Waals surface area contributed by atoms with Crippen LogP contribution >= 0.6 is 11.6 Å². The molecule has 1 aliphatic carbocycles. The van der Waals surface area contributed by atoms with Crippen LogP contribution in [0.1, 0.15) is 24.5 Å². The Morgan fingerprint density at radius 1 is 1.10 bits per heavy atom. The lowest BCUT2D eigenvalue weighted by molar-refractivity contribution is 0.0916. The first-order chi connectivity index (χ1) is 10.2. The lowest BCUT2D eigenvalue weighted by Gasteiger charge is -2.23. The number of hydrogen-bond donors (Lipinski definition) is 1. The fourth-order valence-electron chi connectivity index (χ4n) is 2.88. The molecule has 1 N–H and O–H groups in total. The number of aliphatic hydroxyl groups is 1. The maximum Gasteiger partial charge on any atom is 0.113 e. The Labute approximate surface area is 127 Å². The summed E-state index contributed by atoms with van der Waals surface area (Å²) in [4.78, 5) is 0. The number of hydrogen-bond acceptors (Lipinski definition) is 3. The van der Waals surface area contributed by atoms with Crippen LogP contribution in [0.25, 0.3) is 11.0 Å². The van der Waals surface area contributed by atoms with E-state index < -0.39 is 6.10 Å². The normalized spacial score (nSPS) is 17.8. The molecular formula is C16H14ClN3O. The zero-order valence-corrected chi connectivity index (χ0v) is 12.0. The van der Waals surface area contributed by atoms with Gasteiger partial charge in [-0.3, -0.25) is 0 Å². The van der Waals surface area contributed by atoms with Crippen molar-refractivity contribution in [2.24, 2.45) is 0 Å². The van der Waals surface area contributed by atoms with Crippen molar-refractivity contribution >= 4 is 22.6 Å². The summed E-state index contributed by atoms with van der Waals surface area (Å²) in [5.74, 6) is 0. The molecule has 0 radical (unpaired) electrons. The monoisotopic (exact) mass is 299 g/mol. The van der Waals surface area contributed by atoms with Gasteiger partial charge in [-0.05, 0) is 42.7 Å². The predicted molar refractivity (Wildman–Crippen MR) is 81.1 cm³/mol. The zero-order chi connectivity index (χ0) is 14.4. The first kappa shape index (κ1) is 12.8. The average Bonchev–Trinajstić information content (AvgIpc) is 3.20. The van der Waals surface area contributed by atoms with Crippen molar-refractivity contribution in [3.05, 3.63) is 59.1 Å². The summed E-state index contributed by atoms with van der Waals surface area (Å²) >= 11 is 5.91. The van der Waals surface area contributed by atoms with Gasteiger partial charge in [0, 0.05) is 5.02 Å². The Kier molecular flexibility index (Phi) is 2.77. The van der Waals surface area contributed by atoms with E-state index in [1.807, 2.05) is 41.1 Å². The highest BCUT2D eigenvalue weighted by molar-refractivity contribution is 6.30. The smallest absolute Gasteiger partial charge is 0.113 e. The molecule has 106 valence electrons. The van der Waals surface area contributed by atoms with E-state index in [0.717, 1.165) is 29.4 Å². The zero-order valence-electron chi connectivity index (χ0n) is 11.3. The molecule has 0 amide bonds. The minimum absolute atomic E-state index is 0.385. The van der Waals surface area contributed by atoms with Crippen LogP contribution in [0.4, 0.5) is 0 Å². The van der Waals surface area contributed by atoms with E-state index in [4.69, 9.17) is 11.6 Å². The van der Waals surface area contributed by atoms with Crippen molar-refractivity contribution < 1.29 is 5.11 Å². The molecule has 0 aliphatic heterocycles. The van der Waals surface area contributed by atoms with E-state index in [2.05, 4.69) is 10.3 Å². The molecule has 1 saturated carbocycles. The number of nitrogens with zero attached hydrogens (tertiary/aromatic N) is 3. The second kappa shape index (κ2) is 4.55. The highest BCUT2D eigenvalue weighted by atomic mass is 35.5. The highest BCUT2D eigenvalue weighted by Gasteiger charge is 2.53. The number of fused-ring (bicyclic) bond motifs is 1. The minimum Gasteiger partial charge on any atom is -0.386 e. The van der Waals surface area contributed by atoms with E-state index in [1.54, 1.807) is 12.1 Å². The Hall–Kier alpha value is -1.91. The number of halogens is 1. The van der Waals surface area contributed by atoms with Crippen molar-refractivity contribution in [2.45, 2.75) is 24.5 Å². The molecule has 0 bridgehead atoms. The van der Waals surface area contributed by atoms with Gasteiger partial charge < -0.3 is 5.11 Å². The Balaban J connectivity index is 1.78. The Morgan fingerprint density at radius 3 is 2.52 bits per heavy atom. The third-order valence-corrected chi connectivity index (χ3v) is 4.48. The lowest BCUT2D eigenvalue weighted by Crippen LogP contribution is -2.27. The van der Waals surface area contributed by atoms with Crippen molar-refractivity contribution in [1.82, 2.24) is 15.0 Å². The van der Waals surface area contributed by atoms with E-state index in [1.165, 1.54) is 0 Å². The van der Waals surface area contributed by atoms with Crippen LogP contribution in [-0.2, 0) is 5.54 Å². The maximum absolute atomic E-state index is 10.8. The lowest BCUT2D eigenvalue weighted by atomic mass is 10.0. The van der Waals surface area contributed by atoms with Crippen molar-refractivity contribution in [3.63, 3.8) is 0 Å². The molecule has 1 aromatic heterocycles. The number of para-hydroxylation sites is 1. The van der Waals surface area contributed by atoms with Gasteiger partial charge in [0.15, 0.2) is 0 Å². The molecule has 1 atom stereocenters. The Morgan fingerprint density at radius 2 is 1.81 bits per heavy atom. The van der Waals surface area contributed by atoms with Gasteiger partial charge in [0.1, 0.15) is 11.6 Å². The van der Waals surface area contributed by atoms with Crippen LogP contribution in [0, 0.1) is 0 Å². The second-order valence-corrected chi connectivity index (χ2v) is 5.98. The number of rotatable bonds is 3. The summed E-state index contributed by atoms with van der Waals surface area (Å²) in [6, 6.07) is 15.2. The molecule has 3 aromatic rings. The molecule has 21 heavy (non-hydrogen) atoms. The first-order valence-electron chi connectivity index (χ1n) is 6.95. The second-order valence-electron chi connectivity index (χ2n) is 5.55. The quantitative estimate of drug-likeness (QED) is 0.807. The van der Waals surface area contributed by atoms with Crippen LogP contribution in [0.3, 0.4) is 0 Å². The SMILES string of the molecule is OC(c1ccc(Cl)cc1)C1(n2nnc3ccccc32)CC1. The van der Waals surface area contributed by atoms with Gasteiger partial charge in [0.25, 0.3) is 0 Å². The molecule has 1 heterocycles. The van der Waals surface area contributed by atoms with Gasteiger partial charge >= 0.3 is 0 Å². The van der Waals surface area contributed by atoms with Gasteiger partial charge in [0.2, 0.25) is 0 Å². The fourth-order valence-corrected chi connectivity index (χ4v) is 3.01. The number of benzene rings is 2. The number of aliphatic hydroxyl groups excluding tert-OH is 1. The third kappa shape index (κ3) is 1.94. The highest BCUT2D eigenvalue weighted by Crippen LogP contribution is 2.53. The van der Waals surface area contributed by atoms with E-state index in [0.29, 0.717) is 5.02 Å². The van der Waals surface area contributed by atoms with Crippen molar-refractivity contribution in [1.29, 1.82) is 0 Å². The molecule has 4 rings (SSSR count). The van der Waals surface area contributed by atoms with Crippen molar-refractivity contribution in [2.75, 3.05) is 0 Å². The third-order valence-electron chi connectivity index (χ3n) is 4.23. The van der Waals surface area contributed by atoms with E-state index in [-0.39, 0.29) is 5.54 Å². The maximum atomic E-state index is 10.8. The predicted octanol–water partition coefficient (Wildman–Crippen LogP) is 3.31. The largest absolute Gasteiger partial charge is 0.386 e. The molecule has 1 aliphatic rings. The summed E-state index contributed by atoms with van der Waals surface area (Å²) in [6.07, 6.45) is 1.17. The van der Waals surface area contributed by atoms with Crippen LogP contribution in [0.15, 0.2) is 48.5 Å².